The van der Waals surface area contributed by atoms with E-state index in [9.17, 15) is 18.0 Å². The molecule has 0 aromatic rings. The summed E-state index contributed by atoms with van der Waals surface area (Å²) in [5, 5.41) is 13.3. The average molecular weight is 256 g/mol. The molecule has 1 amide bonds. The van der Waals surface area contributed by atoms with Crippen LogP contribution in [0.3, 0.4) is 0 Å². The van der Waals surface area contributed by atoms with E-state index in [-0.39, 0.29) is 19.1 Å². The fourth-order valence-corrected chi connectivity index (χ4v) is 1.28. The zero-order valence-electron chi connectivity index (χ0n) is 9.81. The molecule has 0 aliphatic rings. The van der Waals surface area contributed by atoms with Gasteiger partial charge in [0.15, 0.2) is 0 Å². The first kappa shape index (κ1) is 16.2. The minimum Gasteiger partial charge on any atom is -0.396 e. The number of alkyl halides is 3. The fourth-order valence-electron chi connectivity index (χ4n) is 1.28. The number of halogens is 3. The molecule has 0 aliphatic carbocycles. The van der Waals surface area contributed by atoms with Gasteiger partial charge in [-0.15, -0.1) is 0 Å². The standard InChI is InChI=1S/C10H19F3N2O2/c1-2-8(3-4-16)5-14-6-9(17)15-7-10(11,12)13/h8,14,16H,2-7H2,1H3,(H,15,17). The van der Waals surface area contributed by atoms with E-state index in [1.807, 2.05) is 6.92 Å². The molecular formula is C10H19F3N2O2. The van der Waals surface area contributed by atoms with Gasteiger partial charge in [0.2, 0.25) is 5.91 Å². The summed E-state index contributed by atoms with van der Waals surface area (Å²) in [5.74, 6) is -0.448. The first-order valence-corrected chi connectivity index (χ1v) is 5.54. The average Bonchev–Trinajstić information content (AvgIpc) is 2.24. The second-order valence-corrected chi connectivity index (χ2v) is 3.81. The zero-order valence-corrected chi connectivity index (χ0v) is 9.81. The minimum atomic E-state index is -4.38. The van der Waals surface area contributed by atoms with Crippen LogP contribution in [0.4, 0.5) is 13.2 Å². The SMILES string of the molecule is CCC(CCO)CNCC(=O)NCC(F)(F)F. The molecule has 1 unspecified atom stereocenters. The quantitative estimate of drug-likeness (QED) is 0.598. The third-order valence-corrected chi connectivity index (χ3v) is 2.32. The van der Waals surface area contributed by atoms with Crippen LogP contribution in [0.15, 0.2) is 0 Å². The van der Waals surface area contributed by atoms with Crippen molar-refractivity contribution in [2.24, 2.45) is 5.92 Å². The van der Waals surface area contributed by atoms with Crippen molar-refractivity contribution < 1.29 is 23.1 Å². The number of rotatable bonds is 8. The van der Waals surface area contributed by atoms with E-state index in [2.05, 4.69) is 5.32 Å². The van der Waals surface area contributed by atoms with Gasteiger partial charge in [0.05, 0.1) is 6.54 Å². The van der Waals surface area contributed by atoms with Gasteiger partial charge in [0.25, 0.3) is 0 Å². The Balaban J connectivity index is 3.63. The van der Waals surface area contributed by atoms with Gasteiger partial charge in [-0.05, 0) is 18.9 Å². The summed E-state index contributed by atoms with van der Waals surface area (Å²) in [6.45, 7) is 1.09. The molecule has 0 fully saturated rings. The van der Waals surface area contributed by atoms with Crippen LogP contribution >= 0.6 is 0 Å². The van der Waals surface area contributed by atoms with E-state index in [1.165, 1.54) is 0 Å². The lowest BCUT2D eigenvalue weighted by molar-refractivity contribution is -0.137. The second kappa shape index (κ2) is 8.30. The predicted molar refractivity (Wildman–Crippen MR) is 57.4 cm³/mol. The van der Waals surface area contributed by atoms with E-state index in [0.717, 1.165) is 6.42 Å². The molecule has 0 rings (SSSR count). The summed E-state index contributed by atoms with van der Waals surface area (Å²) in [4.78, 5) is 11.0. The highest BCUT2D eigenvalue weighted by atomic mass is 19.4. The Morgan fingerprint density at radius 3 is 2.53 bits per heavy atom. The molecule has 0 spiro atoms. The van der Waals surface area contributed by atoms with E-state index < -0.39 is 18.6 Å². The Morgan fingerprint density at radius 2 is 2.06 bits per heavy atom. The molecule has 102 valence electrons. The van der Waals surface area contributed by atoms with Crippen molar-refractivity contribution in [2.75, 3.05) is 26.2 Å². The molecular weight excluding hydrogens is 237 g/mol. The molecule has 0 heterocycles. The van der Waals surface area contributed by atoms with Crippen LogP contribution in [0.1, 0.15) is 19.8 Å². The molecule has 0 radical (unpaired) electrons. The Bertz CT molecular complexity index is 222. The lowest BCUT2D eigenvalue weighted by atomic mass is 10.0. The van der Waals surface area contributed by atoms with Crippen molar-refractivity contribution in [1.29, 1.82) is 0 Å². The molecule has 1 atom stereocenters. The van der Waals surface area contributed by atoms with E-state index in [0.29, 0.717) is 13.0 Å². The molecule has 17 heavy (non-hydrogen) atoms. The maximum Gasteiger partial charge on any atom is 0.405 e. The van der Waals surface area contributed by atoms with E-state index in [1.54, 1.807) is 5.32 Å². The van der Waals surface area contributed by atoms with Gasteiger partial charge in [-0.3, -0.25) is 4.79 Å². The summed E-state index contributed by atoms with van der Waals surface area (Å²) in [5.41, 5.74) is 0. The van der Waals surface area contributed by atoms with Crippen LogP contribution in [-0.2, 0) is 4.79 Å². The van der Waals surface area contributed by atoms with Crippen molar-refractivity contribution in [3.8, 4) is 0 Å². The van der Waals surface area contributed by atoms with Crippen LogP contribution in [0.2, 0.25) is 0 Å². The van der Waals surface area contributed by atoms with Crippen molar-refractivity contribution >= 4 is 5.91 Å². The summed E-state index contributed by atoms with van der Waals surface area (Å²) < 4.78 is 35.3. The highest BCUT2D eigenvalue weighted by Crippen LogP contribution is 2.11. The highest BCUT2D eigenvalue weighted by molar-refractivity contribution is 5.77. The summed E-state index contributed by atoms with van der Waals surface area (Å²) >= 11 is 0. The van der Waals surface area contributed by atoms with E-state index in [4.69, 9.17) is 5.11 Å². The molecule has 0 aromatic carbocycles. The normalized spacial score (nSPS) is 13.5. The monoisotopic (exact) mass is 256 g/mol. The molecule has 0 aliphatic heterocycles. The highest BCUT2D eigenvalue weighted by Gasteiger charge is 2.27. The largest absolute Gasteiger partial charge is 0.405 e. The van der Waals surface area contributed by atoms with Crippen molar-refractivity contribution in [3.05, 3.63) is 0 Å². The van der Waals surface area contributed by atoms with Gasteiger partial charge in [0, 0.05) is 6.61 Å². The van der Waals surface area contributed by atoms with Gasteiger partial charge >= 0.3 is 6.18 Å². The molecule has 3 N–H and O–H groups in total. The number of amides is 1. The number of hydrogen-bond donors (Lipinski definition) is 3. The number of carbonyl (C=O) groups excluding carboxylic acids is 1. The van der Waals surface area contributed by atoms with Crippen LogP contribution in [0, 0.1) is 5.92 Å². The fraction of sp³-hybridized carbons (Fsp3) is 0.900. The third-order valence-electron chi connectivity index (χ3n) is 2.32. The number of aliphatic hydroxyl groups excluding tert-OH is 1. The molecule has 0 aromatic heterocycles. The van der Waals surface area contributed by atoms with E-state index >= 15 is 0 Å². The second-order valence-electron chi connectivity index (χ2n) is 3.81. The van der Waals surface area contributed by atoms with Gasteiger partial charge in [-0.25, -0.2) is 0 Å². The summed E-state index contributed by atoms with van der Waals surface area (Å²) in [6.07, 6.45) is -2.91. The van der Waals surface area contributed by atoms with Crippen LogP contribution in [0.5, 0.6) is 0 Å². The Kier molecular flexibility index (Phi) is 7.90. The lowest BCUT2D eigenvalue weighted by Gasteiger charge is -2.14. The van der Waals surface area contributed by atoms with Gasteiger partial charge in [-0.2, -0.15) is 13.2 Å². The lowest BCUT2D eigenvalue weighted by Crippen LogP contribution is -2.40. The van der Waals surface area contributed by atoms with Crippen LogP contribution in [-0.4, -0.2) is 43.4 Å². The van der Waals surface area contributed by atoms with Crippen LogP contribution < -0.4 is 10.6 Å². The number of nitrogens with one attached hydrogen (secondary N) is 2. The summed E-state index contributed by atoms with van der Waals surface area (Å²) in [6, 6.07) is 0. The zero-order chi connectivity index (χ0) is 13.3. The molecule has 4 nitrogen and oxygen atoms in total. The maximum absolute atomic E-state index is 11.8. The van der Waals surface area contributed by atoms with Gasteiger partial charge < -0.3 is 15.7 Å². The van der Waals surface area contributed by atoms with Gasteiger partial charge in [-0.1, -0.05) is 13.3 Å². The minimum absolute atomic E-state index is 0.0699. The van der Waals surface area contributed by atoms with Crippen molar-refractivity contribution in [1.82, 2.24) is 10.6 Å². The first-order valence-electron chi connectivity index (χ1n) is 5.54. The Morgan fingerprint density at radius 1 is 1.41 bits per heavy atom. The number of hydrogen-bond acceptors (Lipinski definition) is 3. The summed E-state index contributed by atoms with van der Waals surface area (Å²) in [7, 11) is 0. The molecule has 0 saturated carbocycles. The molecule has 7 heteroatoms. The molecule has 0 bridgehead atoms. The first-order chi connectivity index (χ1) is 7.89. The number of carbonyl (C=O) groups is 1. The van der Waals surface area contributed by atoms with Gasteiger partial charge in [0.1, 0.15) is 6.54 Å². The number of aliphatic hydroxyl groups is 1. The Hall–Kier alpha value is -0.820. The van der Waals surface area contributed by atoms with Crippen molar-refractivity contribution in [3.63, 3.8) is 0 Å². The predicted octanol–water partition coefficient (Wildman–Crippen LogP) is 0.663. The van der Waals surface area contributed by atoms with Crippen molar-refractivity contribution in [2.45, 2.75) is 25.9 Å². The van der Waals surface area contributed by atoms with Crippen LogP contribution in [0.25, 0.3) is 0 Å². The maximum atomic E-state index is 11.8. The Labute approximate surface area is 98.6 Å². The molecule has 0 saturated heterocycles. The smallest absolute Gasteiger partial charge is 0.396 e. The third kappa shape index (κ3) is 10.1. The topological polar surface area (TPSA) is 61.4 Å².